The van der Waals surface area contributed by atoms with Gasteiger partial charge in [0.05, 0.1) is 6.10 Å². The summed E-state index contributed by atoms with van der Waals surface area (Å²) >= 11 is 0. The third kappa shape index (κ3) is 3.99. The smallest absolute Gasteiger partial charge is 0.0726 e. The minimum atomic E-state index is 0.403. The van der Waals surface area contributed by atoms with Crippen molar-refractivity contribution in [1.29, 1.82) is 0 Å². The topological polar surface area (TPSA) is 21.3 Å². The molecule has 2 heteroatoms. The highest BCUT2D eigenvalue weighted by Gasteiger charge is 2.21. The van der Waals surface area contributed by atoms with E-state index in [0.717, 1.165) is 13.2 Å². The number of hydrogen-bond donors (Lipinski definition) is 1. The van der Waals surface area contributed by atoms with Gasteiger partial charge < -0.3 is 10.1 Å². The van der Waals surface area contributed by atoms with Crippen LogP contribution in [0.25, 0.3) is 6.08 Å². The molecule has 1 aliphatic rings. The maximum absolute atomic E-state index is 5.64. The molecule has 0 bridgehead atoms. The third-order valence-corrected chi connectivity index (χ3v) is 3.19. The molecule has 0 aromatic heterocycles. The fourth-order valence-electron chi connectivity index (χ4n) is 2.14. The summed E-state index contributed by atoms with van der Waals surface area (Å²) in [6, 6.07) is 10.8. The van der Waals surface area contributed by atoms with E-state index in [1.54, 1.807) is 0 Å². The number of hydrogen-bond acceptors (Lipinski definition) is 2. The summed E-state index contributed by atoms with van der Waals surface area (Å²) in [7, 11) is 0. The van der Waals surface area contributed by atoms with E-state index in [0.29, 0.717) is 12.1 Å². The first-order valence-corrected chi connectivity index (χ1v) is 6.43. The Bertz CT molecular complexity index is 341. The zero-order valence-electron chi connectivity index (χ0n) is 10.4. The van der Waals surface area contributed by atoms with Crippen molar-refractivity contribution < 1.29 is 4.74 Å². The van der Waals surface area contributed by atoms with Gasteiger partial charge in [0.15, 0.2) is 0 Å². The zero-order valence-corrected chi connectivity index (χ0v) is 10.4. The fourth-order valence-corrected chi connectivity index (χ4v) is 2.14. The lowest BCUT2D eigenvalue weighted by atomic mass is 10.1. The van der Waals surface area contributed by atoms with E-state index in [4.69, 9.17) is 4.74 Å². The largest absolute Gasteiger partial charge is 0.377 e. The molecular formula is C15H21NO. The fraction of sp³-hybridized carbons (Fsp3) is 0.467. The second kappa shape index (κ2) is 6.58. The van der Waals surface area contributed by atoms with Crippen molar-refractivity contribution in [2.24, 2.45) is 0 Å². The number of rotatable bonds is 5. The van der Waals surface area contributed by atoms with E-state index in [1.807, 2.05) is 6.07 Å². The van der Waals surface area contributed by atoms with Crippen molar-refractivity contribution >= 4 is 6.08 Å². The average Bonchev–Trinajstić information content (AvgIpc) is 2.89. The molecule has 92 valence electrons. The van der Waals surface area contributed by atoms with Gasteiger partial charge in [-0.05, 0) is 25.3 Å². The molecular weight excluding hydrogens is 210 g/mol. The quantitative estimate of drug-likeness (QED) is 0.841. The van der Waals surface area contributed by atoms with Gasteiger partial charge in [0.1, 0.15) is 0 Å². The Morgan fingerprint density at radius 1 is 1.41 bits per heavy atom. The van der Waals surface area contributed by atoms with E-state index in [1.165, 1.54) is 18.4 Å². The third-order valence-electron chi connectivity index (χ3n) is 3.19. The molecule has 2 rings (SSSR count). The van der Waals surface area contributed by atoms with Crippen molar-refractivity contribution in [3.8, 4) is 0 Å². The number of nitrogens with one attached hydrogen (secondary N) is 1. The Morgan fingerprint density at radius 2 is 2.24 bits per heavy atom. The Kier molecular flexibility index (Phi) is 4.77. The van der Waals surface area contributed by atoms with Crippen LogP contribution in [0.5, 0.6) is 0 Å². The summed E-state index contributed by atoms with van der Waals surface area (Å²) in [6.45, 7) is 4.03. The molecule has 1 aromatic carbocycles. The molecule has 17 heavy (non-hydrogen) atoms. The Balaban J connectivity index is 1.70. The van der Waals surface area contributed by atoms with Gasteiger partial charge in [-0.3, -0.25) is 0 Å². The predicted octanol–water partition coefficient (Wildman–Crippen LogP) is 2.86. The van der Waals surface area contributed by atoms with Crippen LogP contribution in [0.4, 0.5) is 0 Å². The van der Waals surface area contributed by atoms with Crippen LogP contribution in [0.3, 0.4) is 0 Å². The molecule has 0 amide bonds. The highest BCUT2D eigenvalue weighted by Crippen LogP contribution is 2.15. The van der Waals surface area contributed by atoms with Gasteiger partial charge in [-0.25, -0.2) is 0 Å². The first-order chi connectivity index (χ1) is 8.36. The molecule has 2 unspecified atom stereocenters. The van der Waals surface area contributed by atoms with Crippen molar-refractivity contribution in [3.63, 3.8) is 0 Å². The molecule has 1 fully saturated rings. The summed E-state index contributed by atoms with van der Waals surface area (Å²) in [4.78, 5) is 0. The standard InChI is InChI=1S/C15H21NO/c1-13(15-10-6-12-17-15)16-11-5-9-14-7-3-2-4-8-14/h2-5,7-9,13,15-16H,6,10-12H2,1H3/b9-5+. The minimum Gasteiger partial charge on any atom is -0.377 e. The van der Waals surface area contributed by atoms with Crippen LogP contribution >= 0.6 is 0 Å². The van der Waals surface area contributed by atoms with Crippen LogP contribution in [0.2, 0.25) is 0 Å². The van der Waals surface area contributed by atoms with Crippen molar-refractivity contribution in [2.45, 2.75) is 31.9 Å². The van der Waals surface area contributed by atoms with Gasteiger partial charge in [-0.1, -0.05) is 42.5 Å². The molecule has 2 nitrogen and oxygen atoms in total. The molecule has 1 N–H and O–H groups in total. The number of benzene rings is 1. The molecule has 1 saturated heterocycles. The highest BCUT2D eigenvalue weighted by molar-refractivity contribution is 5.48. The molecule has 0 aliphatic carbocycles. The summed E-state index contributed by atoms with van der Waals surface area (Å²) in [5.41, 5.74) is 1.25. The lowest BCUT2D eigenvalue weighted by Crippen LogP contribution is -2.36. The molecule has 0 saturated carbocycles. The maximum Gasteiger partial charge on any atom is 0.0726 e. The summed E-state index contributed by atoms with van der Waals surface area (Å²) < 4.78 is 5.64. The Morgan fingerprint density at radius 3 is 2.94 bits per heavy atom. The molecule has 1 aliphatic heterocycles. The number of ether oxygens (including phenoxy) is 1. The van der Waals surface area contributed by atoms with Gasteiger partial charge >= 0.3 is 0 Å². The van der Waals surface area contributed by atoms with E-state index in [9.17, 15) is 0 Å². The maximum atomic E-state index is 5.64. The summed E-state index contributed by atoms with van der Waals surface area (Å²) in [5, 5.41) is 3.48. The SMILES string of the molecule is CC(NC/C=C/c1ccccc1)C1CCCO1. The van der Waals surface area contributed by atoms with Gasteiger partial charge in [-0.2, -0.15) is 0 Å². The molecule has 1 heterocycles. The average molecular weight is 231 g/mol. The van der Waals surface area contributed by atoms with Crippen LogP contribution in [-0.2, 0) is 4.74 Å². The second-order valence-corrected chi connectivity index (χ2v) is 4.56. The summed E-state index contributed by atoms with van der Waals surface area (Å²) in [5.74, 6) is 0. The van der Waals surface area contributed by atoms with Crippen LogP contribution in [0, 0.1) is 0 Å². The van der Waals surface area contributed by atoms with Gasteiger partial charge in [0, 0.05) is 19.2 Å². The van der Waals surface area contributed by atoms with Gasteiger partial charge in [-0.15, -0.1) is 0 Å². The van der Waals surface area contributed by atoms with Crippen molar-refractivity contribution in [1.82, 2.24) is 5.32 Å². The lowest BCUT2D eigenvalue weighted by molar-refractivity contribution is 0.0849. The lowest BCUT2D eigenvalue weighted by Gasteiger charge is -2.18. The van der Waals surface area contributed by atoms with Crippen LogP contribution in [-0.4, -0.2) is 25.3 Å². The van der Waals surface area contributed by atoms with Gasteiger partial charge in [0.2, 0.25) is 0 Å². The van der Waals surface area contributed by atoms with E-state index in [-0.39, 0.29) is 0 Å². The Hall–Kier alpha value is -1.12. The normalized spacial score (nSPS) is 22.1. The summed E-state index contributed by atoms with van der Waals surface area (Å²) in [6.07, 6.45) is 7.11. The van der Waals surface area contributed by atoms with E-state index in [2.05, 4.69) is 48.7 Å². The first-order valence-electron chi connectivity index (χ1n) is 6.43. The molecule has 2 atom stereocenters. The van der Waals surface area contributed by atoms with Crippen LogP contribution in [0.15, 0.2) is 36.4 Å². The molecule has 0 spiro atoms. The van der Waals surface area contributed by atoms with E-state index < -0.39 is 0 Å². The minimum absolute atomic E-state index is 0.403. The van der Waals surface area contributed by atoms with Crippen molar-refractivity contribution in [3.05, 3.63) is 42.0 Å². The predicted molar refractivity (Wildman–Crippen MR) is 71.9 cm³/mol. The molecule has 1 aromatic rings. The second-order valence-electron chi connectivity index (χ2n) is 4.56. The molecule has 0 radical (unpaired) electrons. The van der Waals surface area contributed by atoms with E-state index >= 15 is 0 Å². The van der Waals surface area contributed by atoms with Crippen LogP contribution in [0.1, 0.15) is 25.3 Å². The van der Waals surface area contributed by atoms with Gasteiger partial charge in [0.25, 0.3) is 0 Å². The Labute approximate surface area is 104 Å². The zero-order chi connectivity index (χ0) is 11.9. The van der Waals surface area contributed by atoms with Crippen LogP contribution < -0.4 is 5.32 Å². The highest BCUT2D eigenvalue weighted by atomic mass is 16.5. The monoisotopic (exact) mass is 231 g/mol. The first kappa shape index (κ1) is 12.3. The van der Waals surface area contributed by atoms with Crippen molar-refractivity contribution in [2.75, 3.05) is 13.2 Å².